The Morgan fingerprint density at radius 2 is 2.00 bits per heavy atom. The number of benzene rings is 2. The summed E-state index contributed by atoms with van der Waals surface area (Å²) in [5.74, 6) is -1.41. The quantitative estimate of drug-likeness (QED) is 0.243. The van der Waals surface area contributed by atoms with Crippen molar-refractivity contribution >= 4 is 57.2 Å². The van der Waals surface area contributed by atoms with Crippen LogP contribution in [0.4, 0.5) is 5.69 Å². The fourth-order valence-corrected chi connectivity index (χ4v) is 3.83. The van der Waals surface area contributed by atoms with Crippen molar-refractivity contribution in [1.29, 1.82) is 0 Å². The number of nitrogens with one attached hydrogen (secondary N) is 3. The van der Waals surface area contributed by atoms with Crippen LogP contribution in [0.25, 0.3) is 0 Å². The Bertz CT molecular complexity index is 1090. The molecule has 2 aromatic rings. The highest BCUT2D eigenvalue weighted by atomic mass is 79.9. The Labute approximate surface area is 215 Å². The second-order valence-electron chi connectivity index (χ2n) is 7.42. The number of amides is 3. The summed E-state index contributed by atoms with van der Waals surface area (Å²) >= 11 is 9.22. The van der Waals surface area contributed by atoms with Crippen LogP contribution in [0, 0.1) is 0 Å². The summed E-state index contributed by atoms with van der Waals surface area (Å²) < 4.78 is 16.9. The molecule has 2 aromatic carbocycles. The highest BCUT2D eigenvalue weighted by Crippen LogP contribution is 2.36. The number of carbonyl (C=O) groups is 3. The Balaban J connectivity index is 1.52. The normalized spacial score (nSPS) is 15.0. The first-order chi connectivity index (χ1) is 16.9. The van der Waals surface area contributed by atoms with Gasteiger partial charge in [0.15, 0.2) is 18.1 Å². The topological polar surface area (TPSA) is 127 Å². The standard InChI is InChI=1S/C23H24BrClN4O6/c1-33-19-10-14(11-27-29-23(32)22(31)26-12-17-3-2-8-34-17)9-18(24)21(19)35-13-20(30)28-16-6-4-15(25)5-7-16/h4-7,9-11,17H,2-3,8,12-13H2,1H3,(H,26,31)(H,28,30)(H,29,32)/b27-11-/t17-/m1/s1. The van der Waals surface area contributed by atoms with E-state index in [0.29, 0.717) is 38.9 Å². The molecule has 3 amide bonds. The van der Waals surface area contributed by atoms with E-state index in [1.54, 1.807) is 36.4 Å². The molecule has 1 atom stereocenters. The van der Waals surface area contributed by atoms with Gasteiger partial charge in [-0.1, -0.05) is 11.6 Å². The summed E-state index contributed by atoms with van der Waals surface area (Å²) in [6.07, 6.45) is 3.07. The Morgan fingerprint density at radius 1 is 1.23 bits per heavy atom. The van der Waals surface area contributed by atoms with E-state index in [2.05, 4.69) is 37.1 Å². The molecule has 3 N–H and O–H groups in total. The third-order valence-corrected chi connectivity index (χ3v) is 5.67. The van der Waals surface area contributed by atoms with Gasteiger partial charge in [0.25, 0.3) is 5.91 Å². The molecule has 1 saturated heterocycles. The minimum Gasteiger partial charge on any atom is -0.493 e. The molecule has 0 radical (unpaired) electrons. The van der Waals surface area contributed by atoms with Crippen molar-refractivity contribution in [1.82, 2.24) is 10.7 Å². The van der Waals surface area contributed by atoms with Crippen molar-refractivity contribution in [2.24, 2.45) is 5.10 Å². The third-order valence-electron chi connectivity index (χ3n) is 4.83. The number of ether oxygens (including phenoxy) is 3. The molecule has 0 aliphatic carbocycles. The van der Waals surface area contributed by atoms with Gasteiger partial charge in [0.05, 0.1) is 23.9 Å². The summed E-state index contributed by atoms with van der Waals surface area (Å²) in [4.78, 5) is 36.0. The van der Waals surface area contributed by atoms with E-state index in [4.69, 9.17) is 25.8 Å². The van der Waals surface area contributed by atoms with E-state index in [-0.39, 0.29) is 25.2 Å². The molecule has 0 spiro atoms. The Kier molecular flexibility index (Phi) is 9.88. The molecule has 0 aromatic heterocycles. The Morgan fingerprint density at radius 3 is 2.69 bits per heavy atom. The van der Waals surface area contributed by atoms with Crippen molar-refractivity contribution < 1.29 is 28.6 Å². The van der Waals surface area contributed by atoms with Crippen molar-refractivity contribution in [3.8, 4) is 11.5 Å². The van der Waals surface area contributed by atoms with Crippen LogP contribution in [-0.4, -0.2) is 56.9 Å². The molecule has 10 nitrogen and oxygen atoms in total. The lowest BCUT2D eigenvalue weighted by atomic mass is 10.2. The first-order valence-corrected chi connectivity index (χ1v) is 11.8. The van der Waals surface area contributed by atoms with Gasteiger partial charge in [-0.3, -0.25) is 14.4 Å². The van der Waals surface area contributed by atoms with Crippen molar-refractivity contribution in [2.45, 2.75) is 18.9 Å². The number of hydrazone groups is 1. The number of hydrogen-bond acceptors (Lipinski definition) is 7. The van der Waals surface area contributed by atoms with E-state index < -0.39 is 11.8 Å². The second kappa shape index (κ2) is 13.1. The van der Waals surface area contributed by atoms with Gasteiger partial charge in [0.2, 0.25) is 0 Å². The van der Waals surface area contributed by atoms with Gasteiger partial charge >= 0.3 is 11.8 Å². The third kappa shape index (κ3) is 8.23. The lowest BCUT2D eigenvalue weighted by Crippen LogP contribution is -2.41. The fraction of sp³-hybridized carbons (Fsp3) is 0.304. The highest BCUT2D eigenvalue weighted by Gasteiger charge is 2.19. The number of anilines is 1. The maximum atomic E-state index is 12.2. The molecule has 3 rings (SSSR count). The fourth-order valence-electron chi connectivity index (χ4n) is 3.13. The maximum Gasteiger partial charge on any atom is 0.329 e. The molecule has 1 aliphatic heterocycles. The van der Waals surface area contributed by atoms with Crippen LogP contribution in [0.2, 0.25) is 5.02 Å². The molecule has 1 heterocycles. The minimum atomic E-state index is -0.892. The number of methoxy groups -OCH3 is 1. The molecular weight excluding hydrogens is 544 g/mol. The van der Waals surface area contributed by atoms with Crippen LogP contribution in [-0.2, 0) is 19.1 Å². The molecule has 1 aliphatic rings. The molecule has 1 fully saturated rings. The van der Waals surface area contributed by atoms with Gasteiger partial charge in [-0.25, -0.2) is 5.43 Å². The van der Waals surface area contributed by atoms with Crippen LogP contribution in [0.1, 0.15) is 18.4 Å². The number of nitrogens with zero attached hydrogens (tertiary/aromatic N) is 1. The van der Waals surface area contributed by atoms with Crippen LogP contribution in [0.15, 0.2) is 46.0 Å². The van der Waals surface area contributed by atoms with Gasteiger partial charge in [0, 0.05) is 23.9 Å². The summed E-state index contributed by atoms with van der Waals surface area (Å²) in [7, 11) is 1.45. The van der Waals surface area contributed by atoms with Crippen LogP contribution < -0.4 is 25.5 Å². The minimum absolute atomic E-state index is 0.0655. The first kappa shape index (κ1) is 26.5. The van der Waals surface area contributed by atoms with Crippen molar-refractivity contribution in [3.63, 3.8) is 0 Å². The summed E-state index contributed by atoms with van der Waals surface area (Å²) in [6.45, 7) is 0.678. The predicted octanol–water partition coefficient (Wildman–Crippen LogP) is 2.87. The molecule has 186 valence electrons. The predicted molar refractivity (Wildman–Crippen MR) is 134 cm³/mol. The molecule has 0 saturated carbocycles. The summed E-state index contributed by atoms with van der Waals surface area (Å²) in [5.41, 5.74) is 3.31. The Hall–Kier alpha value is -3.15. The zero-order valence-electron chi connectivity index (χ0n) is 18.8. The van der Waals surface area contributed by atoms with Crippen molar-refractivity contribution in [2.75, 3.05) is 32.2 Å². The van der Waals surface area contributed by atoms with Gasteiger partial charge in [0.1, 0.15) is 0 Å². The molecule has 35 heavy (non-hydrogen) atoms. The monoisotopic (exact) mass is 566 g/mol. The second-order valence-corrected chi connectivity index (χ2v) is 8.71. The van der Waals surface area contributed by atoms with E-state index in [1.807, 2.05) is 0 Å². The number of hydrogen-bond donors (Lipinski definition) is 3. The summed E-state index contributed by atoms with van der Waals surface area (Å²) in [6, 6.07) is 9.94. The van der Waals surface area contributed by atoms with Crippen LogP contribution in [0.5, 0.6) is 11.5 Å². The summed E-state index contributed by atoms with van der Waals surface area (Å²) in [5, 5.41) is 9.59. The van der Waals surface area contributed by atoms with Gasteiger partial charge in [-0.05, 0) is 70.7 Å². The van der Waals surface area contributed by atoms with Crippen LogP contribution >= 0.6 is 27.5 Å². The zero-order valence-corrected chi connectivity index (χ0v) is 21.1. The number of carbonyl (C=O) groups excluding carboxylic acids is 3. The lowest BCUT2D eigenvalue weighted by molar-refractivity contribution is -0.139. The largest absolute Gasteiger partial charge is 0.493 e. The van der Waals surface area contributed by atoms with Gasteiger partial charge in [-0.2, -0.15) is 5.10 Å². The highest BCUT2D eigenvalue weighted by molar-refractivity contribution is 9.10. The van der Waals surface area contributed by atoms with Gasteiger partial charge < -0.3 is 24.8 Å². The average molecular weight is 568 g/mol. The maximum absolute atomic E-state index is 12.2. The molecular formula is C23H24BrClN4O6. The SMILES string of the molecule is COc1cc(/C=N\NC(=O)C(=O)NC[C@H]2CCCO2)cc(Br)c1OCC(=O)Nc1ccc(Cl)cc1. The molecule has 0 unspecified atom stereocenters. The number of rotatable bonds is 9. The first-order valence-electron chi connectivity index (χ1n) is 10.6. The smallest absolute Gasteiger partial charge is 0.329 e. The zero-order chi connectivity index (χ0) is 25.2. The van der Waals surface area contributed by atoms with E-state index in [0.717, 1.165) is 12.8 Å². The van der Waals surface area contributed by atoms with Gasteiger partial charge in [-0.15, -0.1) is 0 Å². The molecule has 0 bridgehead atoms. The number of halogens is 2. The van der Waals surface area contributed by atoms with Crippen LogP contribution in [0.3, 0.4) is 0 Å². The van der Waals surface area contributed by atoms with E-state index in [1.165, 1.54) is 13.3 Å². The average Bonchev–Trinajstić information content (AvgIpc) is 3.36. The lowest BCUT2D eigenvalue weighted by Gasteiger charge is -2.13. The van der Waals surface area contributed by atoms with E-state index in [9.17, 15) is 14.4 Å². The molecule has 12 heteroatoms. The van der Waals surface area contributed by atoms with Crippen molar-refractivity contribution in [3.05, 3.63) is 51.5 Å². The van der Waals surface area contributed by atoms with E-state index >= 15 is 0 Å².